The van der Waals surface area contributed by atoms with Crippen LogP contribution in [-0.4, -0.2) is 15.7 Å². The van der Waals surface area contributed by atoms with Gasteiger partial charge in [0.15, 0.2) is 10.9 Å². The van der Waals surface area contributed by atoms with Crippen LogP contribution < -0.4 is 0 Å². The standard InChI is InChI=1S/C7H6ClF3N2S/c1-2-14-6-12-4(7(9,10)11)3-5(8)13-6/h3H,2H2,1H3. The van der Waals surface area contributed by atoms with Gasteiger partial charge in [-0.15, -0.1) is 0 Å². The maximum Gasteiger partial charge on any atom is 0.433 e. The molecule has 1 aromatic heterocycles. The van der Waals surface area contributed by atoms with Gasteiger partial charge in [0.1, 0.15) is 5.15 Å². The fourth-order valence-corrected chi connectivity index (χ4v) is 1.55. The van der Waals surface area contributed by atoms with E-state index >= 15 is 0 Å². The first-order valence-electron chi connectivity index (χ1n) is 3.68. The van der Waals surface area contributed by atoms with Crippen molar-refractivity contribution < 1.29 is 13.2 Å². The van der Waals surface area contributed by atoms with Crippen molar-refractivity contribution in [2.45, 2.75) is 18.3 Å². The van der Waals surface area contributed by atoms with Gasteiger partial charge in [-0.25, -0.2) is 9.97 Å². The average Bonchev–Trinajstić information content (AvgIpc) is 2.02. The largest absolute Gasteiger partial charge is 0.433 e. The highest BCUT2D eigenvalue weighted by Crippen LogP contribution is 2.30. The molecule has 0 aromatic carbocycles. The fourth-order valence-electron chi connectivity index (χ4n) is 0.736. The number of rotatable bonds is 2. The van der Waals surface area contributed by atoms with Crippen LogP contribution in [0.15, 0.2) is 11.2 Å². The van der Waals surface area contributed by atoms with Gasteiger partial charge in [-0.05, 0) is 5.75 Å². The van der Waals surface area contributed by atoms with Crippen LogP contribution >= 0.6 is 23.4 Å². The van der Waals surface area contributed by atoms with Crippen molar-refractivity contribution >= 4 is 23.4 Å². The molecule has 1 heterocycles. The highest BCUT2D eigenvalue weighted by atomic mass is 35.5. The Bertz CT molecular complexity index is 329. The van der Waals surface area contributed by atoms with Gasteiger partial charge < -0.3 is 0 Å². The quantitative estimate of drug-likeness (QED) is 0.452. The zero-order valence-corrected chi connectivity index (χ0v) is 8.67. The van der Waals surface area contributed by atoms with Crippen molar-refractivity contribution in [2.75, 3.05) is 5.75 Å². The molecular formula is C7H6ClF3N2S. The second kappa shape index (κ2) is 4.35. The van der Waals surface area contributed by atoms with Gasteiger partial charge in [0.25, 0.3) is 0 Å². The molecule has 0 aliphatic rings. The van der Waals surface area contributed by atoms with Gasteiger partial charge in [0.05, 0.1) is 0 Å². The van der Waals surface area contributed by atoms with Gasteiger partial charge in [-0.1, -0.05) is 30.3 Å². The molecule has 78 valence electrons. The van der Waals surface area contributed by atoms with Crippen molar-refractivity contribution in [2.24, 2.45) is 0 Å². The van der Waals surface area contributed by atoms with E-state index in [4.69, 9.17) is 11.6 Å². The molecule has 0 fully saturated rings. The van der Waals surface area contributed by atoms with Crippen molar-refractivity contribution in [1.29, 1.82) is 0 Å². The second-order valence-corrected chi connectivity index (χ2v) is 3.91. The van der Waals surface area contributed by atoms with Gasteiger partial charge in [0.2, 0.25) is 0 Å². The maximum absolute atomic E-state index is 12.2. The molecule has 2 nitrogen and oxygen atoms in total. The maximum atomic E-state index is 12.2. The van der Waals surface area contributed by atoms with Crippen LogP contribution in [0.2, 0.25) is 5.15 Å². The molecule has 0 saturated heterocycles. The first-order chi connectivity index (χ1) is 6.43. The Morgan fingerprint density at radius 2 is 2.07 bits per heavy atom. The molecular weight excluding hydrogens is 237 g/mol. The molecule has 14 heavy (non-hydrogen) atoms. The Balaban J connectivity index is 3.07. The van der Waals surface area contributed by atoms with Crippen LogP contribution in [0.5, 0.6) is 0 Å². The van der Waals surface area contributed by atoms with Gasteiger partial charge in [-0.3, -0.25) is 0 Å². The molecule has 0 radical (unpaired) electrons. The van der Waals surface area contributed by atoms with E-state index in [1.54, 1.807) is 6.92 Å². The van der Waals surface area contributed by atoms with Gasteiger partial charge in [0, 0.05) is 6.07 Å². The number of aromatic nitrogens is 2. The molecule has 0 atom stereocenters. The lowest BCUT2D eigenvalue weighted by Crippen LogP contribution is -2.09. The number of halogens is 4. The summed E-state index contributed by atoms with van der Waals surface area (Å²) in [4.78, 5) is 6.99. The van der Waals surface area contributed by atoms with Crippen molar-refractivity contribution in [1.82, 2.24) is 9.97 Å². The Kier molecular flexibility index (Phi) is 3.60. The van der Waals surface area contributed by atoms with Crippen LogP contribution in [-0.2, 0) is 6.18 Å². The van der Waals surface area contributed by atoms with E-state index in [2.05, 4.69) is 9.97 Å². The third-order valence-corrected chi connectivity index (χ3v) is 2.16. The Hall–Kier alpha value is -0.490. The predicted molar refractivity (Wildman–Crippen MR) is 48.4 cm³/mol. The minimum Gasteiger partial charge on any atom is -0.218 e. The monoisotopic (exact) mass is 242 g/mol. The molecule has 0 aliphatic carbocycles. The molecule has 0 saturated carbocycles. The van der Waals surface area contributed by atoms with E-state index in [0.29, 0.717) is 11.8 Å². The molecule has 1 aromatic rings. The lowest BCUT2D eigenvalue weighted by Gasteiger charge is -2.06. The molecule has 0 spiro atoms. The zero-order chi connectivity index (χ0) is 10.8. The van der Waals surface area contributed by atoms with Crippen LogP contribution in [0.25, 0.3) is 0 Å². The highest BCUT2D eigenvalue weighted by Gasteiger charge is 2.33. The van der Waals surface area contributed by atoms with E-state index in [0.717, 1.165) is 11.8 Å². The third-order valence-electron chi connectivity index (χ3n) is 1.24. The van der Waals surface area contributed by atoms with Crippen LogP contribution in [0.4, 0.5) is 13.2 Å². The Morgan fingerprint density at radius 3 is 2.57 bits per heavy atom. The zero-order valence-electron chi connectivity index (χ0n) is 7.10. The van der Waals surface area contributed by atoms with Crippen LogP contribution in [0.1, 0.15) is 12.6 Å². The molecule has 0 amide bonds. The molecule has 0 unspecified atom stereocenters. The molecule has 0 aliphatic heterocycles. The first kappa shape index (κ1) is 11.6. The first-order valence-corrected chi connectivity index (χ1v) is 5.04. The molecule has 1 rings (SSSR count). The normalized spacial score (nSPS) is 11.8. The SMILES string of the molecule is CCSc1nc(Cl)cc(C(F)(F)F)n1. The number of thioether (sulfide) groups is 1. The summed E-state index contributed by atoms with van der Waals surface area (Å²) in [6.45, 7) is 1.79. The smallest absolute Gasteiger partial charge is 0.218 e. The number of nitrogens with zero attached hydrogens (tertiary/aromatic N) is 2. The van der Waals surface area contributed by atoms with Crippen molar-refractivity contribution in [3.8, 4) is 0 Å². The summed E-state index contributed by atoms with van der Waals surface area (Å²) in [6.07, 6.45) is -4.48. The average molecular weight is 243 g/mol. The van der Waals surface area contributed by atoms with Gasteiger partial charge >= 0.3 is 6.18 Å². The number of hydrogen-bond acceptors (Lipinski definition) is 3. The van der Waals surface area contributed by atoms with Crippen LogP contribution in [0.3, 0.4) is 0 Å². The Labute approximate surface area is 87.9 Å². The molecule has 7 heteroatoms. The minimum absolute atomic E-state index is 0.0484. The topological polar surface area (TPSA) is 25.8 Å². The Morgan fingerprint density at radius 1 is 1.43 bits per heavy atom. The fraction of sp³-hybridized carbons (Fsp3) is 0.429. The molecule has 0 bridgehead atoms. The van der Waals surface area contributed by atoms with Crippen molar-refractivity contribution in [3.05, 3.63) is 16.9 Å². The van der Waals surface area contributed by atoms with Gasteiger partial charge in [-0.2, -0.15) is 13.2 Å². The third kappa shape index (κ3) is 3.02. The van der Waals surface area contributed by atoms with E-state index in [9.17, 15) is 13.2 Å². The summed E-state index contributed by atoms with van der Waals surface area (Å²) in [6, 6.07) is 0.710. The molecule has 0 N–H and O–H groups in total. The lowest BCUT2D eigenvalue weighted by atomic mass is 10.4. The number of hydrogen-bond donors (Lipinski definition) is 0. The summed E-state index contributed by atoms with van der Waals surface area (Å²) in [5.41, 5.74) is -1.01. The predicted octanol–water partition coefficient (Wildman–Crippen LogP) is 3.26. The van der Waals surface area contributed by atoms with Crippen molar-refractivity contribution in [3.63, 3.8) is 0 Å². The van der Waals surface area contributed by atoms with E-state index in [-0.39, 0.29) is 10.3 Å². The summed E-state index contributed by atoms with van der Waals surface area (Å²) in [7, 11) is 0. The summed E-state index contributed by atoms with van der Waals surface area (Å²) < 4.78 is 36.7. The lowest BCUT2D eigenvalue weighted by molar-refractivity contribution is -0.141. The van der Waals surface area contributed by atoms with E-state index < -0.39 is 11.9 Å². The summed E-state index contributed by atoms with van der Waals surface area (Å²) in [5, 5.41) is -0.143. The van der Waals surface area contributed by atoms with E-state index in [1.165, 1.54) is 0 Å². The number of alkyl halides is 3. The summed E-state index contributed by atoms with van der Waals surface area (Å²) >= 11 is 6.54. The van der Waals surface area contributed by atoms with E-state index in [1.807, 2.05) is 0 Å². The minimum atomic E-state index is -4.48. The second-order valence-electron chi connectivity index (χ2n) is 2.29. The van der Waals surface area contributed by atoms with Crippen LogP contribution in [0, 0.1) is 0 Å². The summed E-state index contributed by atoms with van der Waals surface area (Å²) in [5.74, 6) is 0.595. The highest BCUT2D eigenvalue weighted by molar-refractivity contribution is 7.99.